The molecule has 0 bridgehead atoms. The summed E-state index contributed by atoms with van der Waals surface area (Å²) in [6, 6.07) is 52.0. The molecule has 0 spiro atoms. The average Bonchev–Trinajstić information content (AvgIpc) is 3.52. The van der Waals surface area contributed by atoms with E-state index in [1.54, 1.807) is 0 Å². The number of benzene rings is 7. The third-order valence-electron chi connectivity index (χ3n) is 9.91. The van der Waals surface area contributed by atoms with Crippen LogP contribution >= 0.6 is 12.6 Å². The number of nitrogens with one attached hydrogen (secondary N) is 1. The van der Waals surface area contributed by atoms with Crippen molar-refractivity contribution in [3.8, 4) is 16.8 Å². The van der Waals surface area contributed by atoms with E-state index < -0.39 is 0 Å². The van der Waals surface area contributed by atoms with E-state index >= 15 is 0 Å². The highest BCUT2D eigenvalue weighted by atomic mass is 32.1. The zero-order valence-corrected chi connectivity index (χ0v) is 28.3. The van der Waals surface area contributed by atoms with Crippen LogP contribution in [0.2, 0.25) is 0 Å². The highest BCUT2D eigenvalue weighted by Crippen LogP contribution is 2.40. The Morgan fingerprint density at radius 2 is 1.34 bits per heavy atom. The third-order valence-corrected chi connectivity index (χ3v) is 10.3. The lowest BCUT2D eigenvalue weighted by Crippen LogP contribution is -2.25. The van der Waals surface area contributed by atoms with Gasteiger partial charge in [-0.2, -0.15) is 0 Å². The van der Waals surface area contributed by atoms with E-state index in [1.165, 1.54) is 48.9 Å². The fourth-order valence-corrected chi connectivity index (χ4v) is 7.81. The Bertz CT molecular complexity index is 2590. The van der Waals surface area contributed by atoms with Crippen LogP contribution in [0.5, 0.6) is 0 Å². The van der Waals surface area contributed by atoms with Gasteiger partial charge >= 0.3 is 0 Å². The van der Waals surface area contributed by atoms with E-state index in [0.29, 0.717) is 6.54 Å². The molecule has 1 atom stereocenters. The Morgan fingerprint density at radius 3 is 2.04 bits per heavy atom. The molecular formula is C46H35N3S. The van der Waals surface area contributed by atoms with Gasteiger partial charge in [0.2, 0.25) is 0 Å². The van der Waals surface area contributed by atoms with E-state index in [4.69, 9.17) is 18.4 Å². The van der Waals surface area contributed by atoms with Gasteiger partial charge in [-0.3, -0.25) is 0 Å². The number of fused-ring (bicyclic) bond motifs is 7. The van der Waals surface area contributed by atoms with E-state index in [1.807, 2.05) is 18.2 Å². The van der Waals surface area contributed by atoms with Crippen molar-refractivity contribution in [1.82, 2.24) is 9.88 Å². The molecule has 0 saturated carbocycles. The van der Waals surface area contributed by atoms with Gasteiger partial charge in [0.15, 0.2) is 0 Å². The average molecular weight is 662 g/mol. The van der Waals surface area contributed by atoms with Crippen molar-refractivity contribution in [3.63, 3.8) is 0 Å². The number of aromatic nitrogens is 1. The maximum Gasteiger partial charge on any atom is 0.0547 e. The van der Waals surface area contributed by atoms with Crippen molar-refractivity contribution < 1.29 is 0 Å². The second-order valence-corrected chi connectivity index (χ2v) is 13.4. The topological polar surface area (TPSA) is 43.0 Å². The third kappa shape index (κ3) is 5.21. The Kier molecular flexibility index (Phi) is 7.61. The van der Waals surface area contributed by atoms with Crippen LogP contribution in [0.25, 0.3) is 65.9 Å². The number of hydrogen-bond donors (Lipinski definition) is 3. The highest BCUT2D eigenvalue weighted by molar-refractivity contribution is 7.80. The first kappa shape index (κ1) is 30.3. The van der Waals surface area contributed by atoms with Gasteiger partial charge in [0.05, 0.1) is 17.1 Å². The SMILES string of the molecule is NC1C=CC=C/C1=C(/NCc1cccc(-n2c3ccc4ccccc4c3c3c4ccccc4ccc32)c1)c1ccc(S)c(-c2ccccc2)c1. The van der Waals surface area contributed by atoms with Gasteiger partial charge in [0.1, 0.15) is 0 Å². The van der Waals surface area contributed by atoms with Gasteiger partial charge < -0.3 is 15.6 Å². The molecule has 1 aromatic heterocycles. The Labute approximate surface area is 297 Å². The summed E-state index contributed by atoms with van der Waals surface area (Å²) in [5.74, 6) is 0. The van der Waals surface area contributed by atoms with Crippen LogP contribution in [0, 0.1) is 0 Å². The van der Waals surface area contributed by atoms with Crippen LogP contribution in [-0.4, -0.2) is 10.6 Å². The number of nitrogens with two attached hydrogens (primary N) is 1. The van der Waals surface area contributed by atoms with Crippen molar-refractivity contribution >= 4 is 61.7 Å². The van der Waals surface area contributed by atoms with Crippen LogP contribution in [-0.2, 0) is 6.54 Å². The summed E-state index contributed by atoms with van der Waals surface area (Å²) in [5.41, 5.74) is 16.8. The van der Waals surface area contributed by atoms with E-state index in [-0.39, 0.29) is 6.04 Å². The summed E-state index contributed by atoms with van der Waals surface area (Å²) in [5, 5.41) is 11.4. The molecule has 0 saturated heterocycles. The lowest BCUT2D eigenvalue weighted by Gasteiger charge is -2.21. The largest absolute Gasteiger partial charge is 0.380 e. The van der Waals surface area contributed by atoms with E-state index in [2.05, 4.69) is 162 Å². The summed E-state index contributed by atoms with van der Waals surface area (Å²) < 4.78 is 2.43. The number of allylic oxidation sites excluding steroid dienone is 2. The summed E-state index contributed by atoms with van der Waals surface area (Å²) in [6.45, 7) is 0.628. The molecule has 50 heavy (non-hydrogen) atoms. The van der Waals surface area contributed by atoms with Crippen molar-refractivity contribution in [2.75, 3.05) is 0 Å². The van der Waals surface area contributed by atoms with Crippen molar-refractivity contribution in [2.24, 2.45) is 5.73 Å². The fraction of sp³-hybridized carbons (Fsp3) is 0.0435. The smallest absolute Gasteiger partial charge is 0.0547 e. The normalized spacial score (nSPS) is 15.4. The van der Waals surface area contributed by atoms with Crippen molar-refractivity contribution in [2.45, 2.75) is 17.5 Å². The Hall–Kier alpha value is -5.81. The quantitative estimate of drug-likeness (QED) is 0.155. The minimum absolute atomic E-state index is 0.216. The van der Waals surface area contributed by atoms with Gasteiger partial charge in [-0.1, -0.05) is 133 Å². The summed E-state index contributed by atoms with van der Waals surface area (Å²) in [7, 11) is 0. The monoisotopic (exact) mass is 661 g/mol. The predicted octanol–water partition coefficient (Wildman–Crippen LogP) is 11.0. The second-order valence-electron chi connectivity index (χ2n) is 12.9. The molecule has 0 radical (unpaired) electrons. The maximum atomic E-state index is 6.68. The number of nitrogens with zero attached hydrogens (tertiary/aromatic N) is 1. The summed E-state index contributed by atoms with van der Waals surface area (Å²) in [4.78, 5) is 0.937. The molecule has 1 aliphatic rings. The lowest BCUT2D eigenvalue weighted by atomic mass is 9.94. The van der Waals surface area contributed by atoms with Gasteiger partial charge in [-0.05, 0) is 85.8 Å². The standard InChI is InChI=1S/C46H35N3S/c47-40-20-9-8-19-38(40)46(34-23-26-43(50)39(28-34)31-12-2-1-3-13-31)48-29-30-11-10-16-35(27-30)49-41-24-21-32-14-4-6-17-36(32)44(41)45-37-18-7-5-15-33(37)22-25-42(45)49/h1-28,40,48,50H,29,47H2/b46-38-. The Balaban J connectivity index is 1.16. The van der Waals surface area contributed by atoms with Gasteiger partial charge in [0, 0.05) is 33.6 Å². The maximum absolute atomic E-state index is 6.68. The number of thiol groups is 1. The van der Waals surface area contributed by atoms with Gasteiger partial charge in [-0.15, -0.1) is 12.6 Å². The molecule has 1 aliphatic carbocycles. The van der Waals surface area contributed by atoms with E-state index in [9.17, 15) is 0 Å². The predicted molar refractivity (Wildman–Crippen MR) is 215 cm³/mol. The zero-order valence-electron chi connectivity index (χ0n) is 27.4. The summed E-state index contributed by atoms with van der Waals surface area (Å²) >= 11 is 4.82. The molecule has 1 heterocycles. The van der Waals surface area contributed by atoms with Crippen LogP contribution in [0.15, 0.2) is 180 Å². The first-order valence-corrected chi connectivity index (χ1v) is 17.5. The molecule has 240 valence electrons. The molecular weight excluding hydrogens is 627 g/mol. The van der Waals surface area contributed by atoms with Gasteiger partial charge in [-0.25, -0.2) is 0 Å². The minimum Gasteiger partial charge on any atom is -0.380 e. The lowest BCUT2D eigenvalue weighted by molar-refractivity contribution is 0.863. The molecule has 8 aromatic rings. The first-order chi connectivity index (χ1) is 24.6. The summed E-state index contributed by atoms with van der Waals surface area (Å²) in [6.07, 6.45) is 8.23. The number of rotatable bonds is 6. The van der Waals surface area contributed by atoms with Crippen molar-refractivity contribution in [1.29, 1.82) is 0 Å². The van der Waals surface area contributed by atoms with Crippen molar-refractivity contribution in [3.05, 3.63) is 187 Å². The van der Waals surface area contributed by atoms with E-state index in [0.717, 1.165) is 38.5 Å². The first-order valence-electron chi connectivity index (χ1n) is 17.0. The fourth-order valence-electron chi connectivity index (χ4n) is 7.54. The second kappa shape index (κ2) is 12.6. The zero-order chi connectivity index (χ0) is 33.6. The minimum atomic E-state index is -0.216. The molecule has 0 amide bonds. The molecule has 3 nitrogen and oxygen atoms in total. The van der Waals surface area contributed by atoms with Crippen LogP contribution < -0.4 is 11.1 Å². The molecule has 1 unspecified atom stereocenters. The van der Waals surface area contributed by atoms with Gasteiger partial charge in [0.25, 0.3) is 0 Å². The molecule has 7 aromatic carbocycles. The van der Waals surface area contributed by atoms with Crippen LogP contribution in [0.4, 0.5) is 0 Å². The van der Waals surface area contributed by atoms with Crippen LogP contribution in [0.3, 0.4) is 0 Å². The molecule has 4 heteroatoms. The number of hydrogen-bond acceptors (Lipinski definition) is 3. The highest BCUT2D eigenvalue weighted by Gasteiger charge is 2.19. The molecule has 9 rings (SSSR count). The van der Waals surface area contributed by atoms with Crippen LogP contribution in [0.1, 0.15) is 11.1 Å². The molecule has 3 N–H and O–H groups in total. The molecule has 0 fully saturated rings. The molecule has 0 aliphatic heterocycles. The Morgan fingerprint density at radius 1 is 0.660 bits per heavy atom.